The summed E-state index contributed by atoms with van der Waals surface area (Å²) in [5.74, 6) is -0.387. The summed E-state index contributed by atoms with van der Waals surface area (Å²) in [6.45, 7) is 3.38. The number of carbonyl (C=O) groups is 2. The number of ether oxygens (including phenoxy) is 2. The Morgan fingerprint density at radius 2 is 1.84 bits per heavy atom. The molecule has 0 bridgehead atoms. The average Bonchev–Trinajstić information content (AvgIpc) is 2.61. The van der Waals surface area contributed by atoms with Crippen molar-refractivity contribution in [1.82, 2.24) is 0 Å². The molecule has 2 aromatic carbocycles. The number of amides is 1. The van der Waals surface area contributed by atoms with Gasteiger partial charge in [-0.3, -0.25) is 4.79 Å². The van der Waals surface area contributed by atoms with Crippen LogP contribution in [0.2, 0.25) is 0 Å². The van der Waals surface area contributed by atoms with E-state index in [2.05, 4.69) is 5.32 Å². The van der Waals surface area contributed by atoms with Crippen molar-refractivity contribution in [2.45, 2.75) is 18.7 Å². The molecule has 25 heavy (non-hydrogen) atoms. The van der Waals surface area contributed by atoms with Gasteiger partial charge in [0.25, 0.3) is 5.91 Å². The Labute approximate surface area is 151 Å². The van der Waals surface area contributed by atoms with Crippen molar-refractivity contribution in [2.75, 3.05) is 24.8 Å². The van der Waals surface area contributed by atoms with Crippen LogP contribution in [0.3, 0.4) is 0 Å². The van der Waals surface area contributed by atoms with Crippen molar-refractivity contribution in [3.63, 3.8) is 0 Å². The van der Waals surface area contributed by atoms with Crippen LogP contribution in [0.15, 0.2) is 47.4 Å². The van der Waals surface area contributed by atoms with Gasteiger partial charge in [-0.05, 0) is 61.6 Å². The maximum atomic E-state index is 11.8. The van der Waals surface area contributed by atoms with E-state index in [4.69, 9.17) is 9.47 Å². The zero-order valence-corrected chi connectivity index (χ0v) is 15.3. The van der Waals surface area contributed by atoms with Crippen molar-refractivity contribution in [1.29, 1.82) is 0 Å². The fourth-order valence-corrected chi connectivity index (χ4v) is 2.49. The second kappa shape index (κ2) is 9.13. The summed E-state index contributed by atoms with van der Waals surface area (Å²) in [6, 6.07) is 13.0. The van der Waals surface area contributed by atoms with Gasteiger partial charge in [-0.1, -0.05) is 12.1 Å². The zero-order valence-electron chi connectivity index (χ0n) is 14.5. The fourth-order valence-electron chi connectivity index (χ4n) is 2.03. The number of benzene rings is 2. The maximum absolute atomic E-state index is 11.8. The van der Waals surface area contributed by atoms with Crippen LogP contribution in [0.5, 0.6) is 5.75 Å². The number of esters is 1. The Morgan fingerprint density at radius 3 is 2.56 bits per heavy atom. The molecule has 0 aliphatic rings. The van der Waals surface area contributed by atoms with Crippen LogP contribution < -0.4 is 10.1 Å². The summed E-state index contributed by atoms with van der Waals surface area (Å²) in [5.41, 5.74) is 2.90. The van der Waals surface area contributed by atoms with Crippen molar-refractivity contribution in [3.05, 3.63) is 53.6 Å². The van der Waals surface area contributed by atoms with E-state index in [1.165, 1.54) is 0 Å². The number of rotatable bonds is 7. The third-order valence-corrected chi connectivity index (χ3v) is 4.28. The van der Waals surface area contributed by atoms with Crippen LogP contribution in [0.25, 0.3) is 0 Å². The standard InChI is InChI=1S/C19H21NO4S/c1-13-7-8-16(9-14(13)2)23-12-19(22)24-11-18(21)20-15-5-4-6-17(10-15)25-3/h4-10H,11-12H2,1-3H3,(H,20,21). The molecule has 1 amide bonds. The Kier molecular flexibility index (Phi) is 6.89. The van der Waals surface area contributed by atoms with E-state index in [9.17, 15) is 9.59 Å². The van der Waals surface area contributed by atoms with Crippen LogP contribution in [0.4, 0.5) is 5.69 Å². The first-order valence-electron chi connectivity index (χ1n) is 7.77. The molecule has 0 radical (unpaired) electrons. The van der Waals surface area contributed by atoms with Gasteiger partial charge in [-0.15, -0.1) is 11.8 Å². The third kappa shape index (κ3) is 6.15. The Hall–Kier alpha value is -2.47. The van der Waals surface area contributed by atoms with Gasteiger partial charge in [-0.2, -0.15) is 0 Å². The minimum absolute atomic E-state index is 0.238. The quantitative estimate of drug-likeness (QED) is 0.605. The first-order valence-corrected chi connectivity index (χ1v) is 9.00. The van der Waals surface area contributed by atoms with Crippen LogP contribution in [-0.2, 0) is 14.3 Å². The lowest BCUT2D eigenvalue weighted by molar-refractivity contribution is -0.149. The highest BCUT2D eigenvalue weighted by atomic mass is 32.2. The van der Waals surface area contributed by atoms with E-state index in [0.717, 1.165) is 16.0 Å². The van der Waals surface area contributed by atoms with E-state index in [1.807, 2.05) is 50.4 Å². The molecular weight excluding hydrogens is 338 g/mol. The second-order valence-electron chi connectivity index (χ2n) is 5.48. The molecule has 0 saturated carbocycles. The summed E-state index contributed by atoms with van der Waals surface area (Å²) in [7, 11) is 0. The van der Waals surface area contributed by atoms with E-state index in [1.54, 1.807) is 23.9 Å². The molecule has 1 N–H and O–H groups in total. The lowest BCUT2D eigenvalue weighted by Gasteiger charge is -2.09. The highest BCUT2D eigenvalue weighted by Gasteiger charge is 2.09. The summed E-state index contributed by atoms with van der Waals surface area (Å²) in [6.07, 6.45) is 1.96. The minimum atomic E-state index is -0.591. The molecule has 0 aromatic heterocycles. The van der Waals surface area contributed by atoms with Crippen LogP contribution >= 0.6 is 11.8 Å². The van der Waals surface area contributed by atoms with E-state index >= 15 is 0 Å². The molecule has 0 spiro atoms. The highest BCUT2D eigenvalue weighted by molar-refractivity contribution is 7.98. The summed E-state index contributed by atoms with van der Waals surface area (Å²) >= 11 is 1.58. The largest absolute Gasteiger partial charge is 0.482 e. The molecule has 0 unspecified atom stereocenters. The highest BCUT2D eigenvalue weighted by Crippen LogP contribution is 2.19. The molecule has 132 valence electrons. The maximum Gasteiger partial charge on any atom is 0.344 e. The summed E-state index contributed by atoms with van der Waals surface area (Å²) in [5, 5.41) is 2.69. The normalized spacial score (nSPS) is 10.2. The molecule has 5 nitrogen and oxygen atoms in total. The first-order chi connectivity index (χ1) is 12.0. The summed E-state index contributed by atoms with van der Waals surface area (Å²) in [4.78, 5) is 24.6. The van der Waals surface area contributed by atoms with Gasteiger partial charge < -0.3 is 14.8 Å². The summed E-state index contributed by atoms with van der Waals surface area (Å²) < 4.78 is 10.3. The molecule has 0 heterocycles. The molecular formula is C19H21NO4S. The number of hydrogen-bond donors (Lipinski definition) is 1. The van der Waals surface area contributed by atoms with Crippen molar-refractivity contribution in [3.8, 4) is 5.75 Å². The van der Waals surface area contributed by atoms with Crippen molar-refractivity contribution in [2.24, 2.45) is 0 Å². The molecule has 0 aliphatic heterocycles. The molecule has 2 rings (SSSR count). The number of anilines is 1. The third-order valence-electron chi connectivity index (χ3n) is 3.55. The van der Waals surface area contributed by atoms with E-state index in [-0.39, 0.29) is 13.2 Å². The number of thioether (sulfide) groups is 1. The fraction of sp³-hybridized carbons (Fsp3) is 0.263. The van der Waals surface area contributed by atoms with E-state index in [0.29, 0.717) is 11.4 Å². The van der Waals surface area contributed by atoms with Crippen molar-refractivity contribution < 1.29 is 19.1 Å². The molecule has 6 heteroatoms. The molecule has 0 fully saturated rings. The molecule has 0 atom stereocenters. The van der Waals surface area contributed by atoms with Gasteiger partial charge in [0, 0.05) is 10.6 Å². The Morgan fingerprint density at radius 1 is 1.04 bits per heavy atom. The second-order valence-corrected chi connectivity index (χ2v) is 6.36. The average molecular weight is 359 g/mol. The van der Waals surface area contributed by atoms with E-state index < -0.39 is 11.9 Å². The Bertz CT molecular complexity index is 761. The van der Waals surface area contributed by atoms with Gasteiger partial charge in [0.2, 0.25) is 0 Å². The lowest BCUT2D eigenvalue weighted by Crippen LogP contribution is -2.23. The van der Waals surface area contributed by atoms with Crippen LogP contribution in [-0.4, -0.2) is 31.3 Å². The first kappa shape index (κ1) is 18.9. The molecule has 0 saturated heterocycles. The topological polar surface area (TPSA) is 64.6 Å². The van der Waals surface area contributed by atoms with Gasteiger partial charge in [0.1, 0.15) is 5.75 Å². The monoisotopic (exact) mass is 359 g/mol. The number of hydrogen-bond acceptors (Lipinski definition) is 5. The van der Waals surface area contributed by atoms with Gasteiger partial charge in [0.15, 0.2) is 13.2 Å². The predicted molar refractivity (Wildman–Crippen MR) is 99.2 cm³/mol. The number of nitrogens with one attached hydrogen (secondary N) is 1. The van der Waals surface area contributed by atoms with Crippen LogP contribution in [0.1, 0.15) is 11.1 Å². The van der Waals surface area contributed by atoms with Crippen LogP contribution in [0, 0.1) is 13.8 Å². The SMILES string of the molecule is CSc1cccc(NC(=O)COC(=O)COc2ccc(C)c(C)c2)c1. The Balaban J connectivity index is 1.75. The minimum Gasteiger partial charge on any atom is -0.482 e. The number of carbonyl (C=O) groups excluding carboxylic acids is 2. The smallest absolute Gasteiger partial charge is 0.344 e. The van der Waals surface area contributed by atoms with Gasteiger partial charge in [-0.25, -0.2) is 4.79 Å². The predicted octanol–water partition coefficient (Wildman–Crippen LogP) is 3.59. The molecule has 2 aromatic rings. The molecule has 0 aliphatic carbocycles. The van der Waals surface area contributed by atoms with Crippen molar-refractivity contribution >= 4 is 29.3 Å². The van der Waals surface area contributed by atoms with Gasteiger partial charge in [0.05, 0.1) is 0 Å². The zero-order chi connectivity index (χ0) is 18.2. The number of aryl methyl sites for hydroxylation is 2. The van der Waals surface area contributed by atoms with Gasteiger partial charge >= 0.3 is 5.97 Å². The lowest BCUT2D eigenvalue weighted by atomic mass is 10.1.